The molecule has 170 valence electrons. The van der Waals surface area contributed by atoms with E-state index in [1.54, 1.807) is 19.1 Å². The quantitative estimate of drug-likeness (QED) is 0.247. The molecule has 1 aromatic carbocycles. The van der Waals surface area contributed by atoms with Crippen LogP contribution in [0.5, 0.6) is 0 Å². The normalized spacial score (nSPS) is 13.0. The van der Waals surface area contributed by atoms with Gasteiger partial charge in [0, 0.05) is 37.8 Å². The van der Waals surface area contributed by atoms with Crippen molar-refractivity contribution >= 4 is 35.3 Å². The number of nitrogen functional groups attached to an aromatic ring is 1. The van der Waals surface area contributed by atoms with Crippen molar-refractivity contribution in [1.29, 1.82) is 5.41 Å². The molecule has 1 fully saturated rings. The van der Waals surface area contributed by atoms with Crippen LogP contribution >= 0.6 is 0 Å². The SMILES string of the molecule is CC(=O)O.CCOC(=O)CCNC(=O)CN1CCN(c2ccc(C(=N)N)cc2)CC1=O. The molecule has 5 N–H and O–H groups in total. The molecule has 0 saturated carbocycles. The van der Waals surface area contributed by atoms with Gasteiger partial charge in [-0.1, -0.05) is 0 Å². The summed E-state index contributed by atoms with van der Waals surface area (Å²) in [6.45, 7) is 4.48. The first-order valence-corrected chi connectivity index (χ1v) is 9.73. The fraction of sp³-hybridized carbons (Fsp3) is 0.450. The first-order chi connectivity index (χ1) is 14.6. The molecule has 1 aliphatic rings. The van der Waals surface area contributed by atoms with Crippen molar-refractivity contribution in [2.45, 2.75) is 20.3 Å². The van der Waals surface area contributed by atoms with Crippen LogP contribution < -0.4 is 16.0 Å². The van der Waals surface area contributed by atoms with Gasteiger partial charge in [-0.05, 0) is 31.2 Å². The molecular weight excluding hydrogens is 406 g/mol. The number of esters is 1. The van der Waals surface area contributed by atoms with Crippen LogP contribution in [0.3, 0.4) is 0 Å². The Morgan fingerprint density at radius 1 is 1.23 bits per heavy atom. The maximum absolute atomic E-state index is 12.3. The second-order valence-electron chi connectivity index (χ2n) is 6.62. The number of hydrogen-bond acceptors (Lipinski definition) is 7. The van der Waals surface area contributed by atoms with Gasteiger partial charge in [0.2, 0.25) is 11.8 Å². The maximum Gasteiger partial charge on any atom is 0.307 e. The lowest BCUT2D eigenvalue weighted by Crippen LogP contribution is -2.53. The lowest BCUT2D eigenvalue weighted by molar-refractivity contribution is -0.143. The Labute approximate surface area is 180 Å². The van der Waals surface area contributed by atoms with Gasteiger partial charge in [-0.3, -0.25) is 24.6 Å². The summed E-state index contributed by atoms with van der Waals surface area (Å²) in [7, 11) is 0. The number of piperazine rings is 1. The minimum Gasteiger partial charge on any atom is -0.481 e. The number of carboxylic acids is 1. The van der Waals surface area contributed by atoms with Crippen molar-refractivity contribution in [3.63, 3.8) is 0 Å². The lowest BCUT2D eigenvalue weighted by atomic mass is 10.1. The van der Waals surface area contributed by atoms with Crippen molar-refractivity contribution in [3.8, 4) is 0 Å². The largest absolute Gasteiger partial charge is 0.481 e. The van der Waals surface area contributed by atoms with Crippen LogP contribution in [-0.4, -0.2) is 78.9 Å². The van der Waals surface area contributed by atoms with Crippen LogP contribution in [0.4, 0.5) is 5.69 Å². The Kier molecular flexibility index (Phi) is 10.5. The number of amidine groups is 1. The zero-order valence-corrected chi connectivity index (χ0v) is 17.7. The molecule has 0 bridgehead atoms. The van der Waals surface area contributed by atoms with E-state index in [0.29, 0.717) is 25.3 Å². The van der Waals surface area contributed by atoms with Crippen molar-refractivity contribution < 1.29 is 29.0 Å². The highest BCUT2D eigenvalue weighted by Crippen LogP contribution is 2.17. The number of carbonyl (C=O) groups excluding carboxylic acids is 3. The van der Waals surface area contributed by atoms with E-state index in [-0.39, 0.29) is 49.7 Å². The van der Waals surface area contributed by atoms with E-state index in [2.05, 4.69) is 5.32 Å². The fourth-order valence-electron chi connectivity index (χ4n) is 2.71. The Morgan fingerprint density at radius 3 is 2.35 bits per heavy atom. The lowest BCUT2D eigenvalue weighted by Gasteiger charge is -2.35. The van der Waals surface area contributed by atoms with Crippen LogP contribution in [0.15, 0.2) is 24.3 Å². The molecule has 1 aromatic rings. The summed E-state index contributed by atoms with van der Waals surface area (Å²) in [6.07, 6.45) is 0.109. The summed E-state index contributed by atoms with van der Waals surface area (Å²) in [6, 6.07) is 7.13. The second-order valence-corrected chi connectivity index (χ2v) is 6.62. The average molecular weight is 435 g/mol. The minimum atomic E-state index is -0.833. The van der Waals surface area contributed by atoms with Crippen LogP contribution in [0.2, 0.25) is 0 Å². The maximum atomic E-state index is 12.3. The van der Waals surface area contributed by atoms with Crippen LogP contribution in [0.25, 0.3) is 0 Å². The Hall–Kier alpha value is -3.63. The number of nitrogens with two attached hydrogens (primary N) is 1. The summed E-state index contributed by atoms with van der Waals surface area (Å²) < 4.78 is 4.79. The van der Waals surface area contributed by atoms with Gasteiger partial charge in [0.05, 0.1) is 26.1 Å². The molecule has 0 atom stereocenters. The van der Waals surface area contributed by atoms with Gasteiger partial charge in [0.15, 0.2) is 0 Å². The molecule has 11 nitrogen and oxygen atoms in total. The van der Waals surface area contributed by atoms with Gasteiger partial charge in [-0.25, -0.2) is 0 Å². The number of aliphatic carboxylic acids is 1. The topological polar surface area (TPSA) is 166 Å². The first-order valence-electron chi connectivity index (χ1n) is 9.73. The van der Waals surface area contributed by atoms with Crippen molar-refractivity contribution in [1.82, 2.24) is 10.2 Å². The van der Waals surface area contributed by atoms with Crippen LogP contribution in [-0.2, 0) is 23.9 Å². The third-order valence-electron chi connectivity index (χ3n) is 4.15. The molecule has 2 amide bonds. The summed E-state index contributed by atoms with van der Waals surface area (Å²) >= 11 is 0. The monoisotopic (exact) mass is 435 g/mol. The standard InChI is InChI=1S/C18H25N5O4.C2H4O2/c1-2-27-17(26)7-8-21-15(24)11-23-10-9-22(12-16(23)25)14-5-3-13(4-6-14)18(19)20;1-2(3)4/h3-6H,2,7-12H2,1H3,(H3,19,20)(H,21,24);1H3,(H,3,4). The van der Waals surface area contributed by atoms with Crippen LogP contribution in [0.1, 0.15) is 25.8 Å². The first kappa shape index (κ1) is 25.4. The number of anilines is 1. The van der Waals surface area contributed by atoms with Gasteiger partial charge < -0.3 is 30.7 Å². The van der Waals surface area contributed by atoms with Gasteiger partial charge in [0.25, 0.3) is 5.97 Å². The zero-order valence-electron chi connectivity index (χ0n) is 17.7. The number of nitrogens with one attached hydrogen (secondary N) is 2. The predicted molar refractivity (Wildman–Crippen MR) is 114 cm³/mol. The van der Waals surface area contributed by atoms with E-state index in [0.717, 1.165) is 12.6 Å². The highest BCUT2D eigenvalue weighted by atomic mass is 16.5. The number of carboxylic acid groups (broad SMARTS) is 1. The summed E-state index contributed by atoms with van der Waals surface area (Å²) in [5.74, 6) is -1.64. The number of carbonyl (C=O) groups is 4. The predicted octanol–water partition coefficient (Wildman–Crippen LogP) is -0.220. The Bertz CT molecular complexity index is 792. The molecule has 2 rings (SSSR count). The molecule has 0 aliphatic carbocycles. The van der Waals surface area contributed by atoms with Gasteiger partial charge in [-0.15, -0.1) is 0 Å². The van der Waals surface area contributed by atoms with Gasteiger partial charge >= 0.3 is 5.97 Å². The van der Waals surface area contributed by atoms with E-state index in [4.69, 9.17) is 25.8 Å². The second kappa shape index (κ2) is 12.8. The van der Waals surface area contributed by atoms with E-state index in [9.17, 15) is 14.4 Å². The van der Waals surface area contributed by atoms with Gasteiger partial charge in [0.1, 0.15) is 5.84 Å². The highest BCUT2D eigenvalue weighted by Gasteiger charge is 2.25. The highest BCUT2D eigenvalue weighted by molar-refractivity contribution is 5.95. The molecule has 0 spiro atoms. The summed E-state index contributed by atoms with van der Waals surface area (Å²) in [5, 5.41) is 17.4. The van der Waals surface area contributed by atoms with Crippen LogP contribution in [0, 0.1) is 5.41 Å². The zero-order chi connectivity index (χ0) is 23.4. The van der Waals surface area contributed by atoms with E-state index < -0.39 is 5.97 Å². The Morgan fingerprint density at radius 2 is 1.84 bits per heavy atom. The third kappa shape index (κ3) is 9.61. The summed E-state index contributed by atoms with van der Waals surface area (Å²) in [4.78, 5) is 47.9. The fourth-order valence-corrected chi connectivity index (χ4v) is 2.71. The van der Waals surface area contributed by atoms with Crippen molar-refractivity contribution in [2.24, 2.45) is 5.73 Å². The van der Waals surface area contributed by atoms with Crippen molar-refractivity contribution in [3.05, 3.63) is 29.8 Å². The molecule has 0 aromatic heterocycles. The minimum absolute atomic E-state index is 0.00332. The molecule has 1 saturated heterocycles. The smallest absolute Gasteiger partial charge is 0.307 e. The molecular formula is C20H29N5O6. The third-order valence-corrected chi connectivity index (χ3v) is 4.15. The van der Waals surface area contributed by atoms with E-state index in [1.165, 1.54) is 4.90 Å². The van der Waals surface area contributed by atoms with E-state index in [1.807, 2.05) is 17.0 Å². The number of rotatable bonds is 8. The molecule has 31 heavy (non-hydrogen) atoms. The molecule has 0 unspecified atom stereocenters. The van der Waals surface area contributed by atoms with Crippen molar-refractivity contribution in [2.75, 3.05) is 44.2 Å². The number of amides is 2. The number of nitrogens with zero attached hydrogens (tertiary/aromatic N) is 2. The molecule has 1 heterocycles. The Balaban J connectivity index is 0.00000110. The number of ether oxygens (including phenoxy) is 1. The summed E-state index contributed by atoms with van der Waals surface area (Å²) in [5.41, 5.74) is 6.94. The molecule has 0 radical (unpaired) electrons. The number of hydrogen-bond donors (Lipinski definition) is 4. The molecule has 1 aliphatic heterocycles. The average Bonchev–Trinajstić information content (AvgIpc) is 2.69. The molecule has 11 heteroatoms. The number of benzene rings is 1. The van der Waals surface area contributed by atoms with Gasteiger partial charge in [-0.2, -0.15) is 0 Å². The van der Waals surface area contributed by atoms with E-state index >= 15 is 0 Å².